The van der Waals surface area contributed by atoms with Gasteiger partial charge in [-0.2, -0.15) is 10.2 Å². The predicted molar refractivity (Wildman–Crippen MR) is 110 cm³/mol. The number of allylic oxidation sites excluding steroid dienone is 1. The van der Waals surface area contributed by atoms with Gasteiger partial charge in [-0.3, -0.25) is 0 Å². The molecule has 0 aliphatic carbocycles. The first-order valence-corrected chi connectivity index (χ1v) is 9.17. The number of hydrogen-bond donors (Lipinski definition) is 0. The highest BCUT2D eigenvalue weighted by Crippen LogP contribution is 2.08. The van der Waals surface area contributed by atoms with Gasteiger partial charge in [0.05, 0.1) is 12.4 Å². The van der Waals surface area contributed by atoms with Crippen LogP contribution in [0, 0.1) is 0 Å². The Bertz CT molecular complexity index is 679. The van der Waals surface area contributed by atoms with E-state index in [-0.39, 0.29) is 0 Å². The van der Waals surface area contributed by atoms with E-state index in [2.05, 4.69) is 72.2 Å². The summed E-state index contributed by atoms with van der Waals surface area (Å²) in [6.45, 7) is 5.97. The molecule has 2 aromatic rings. The third-order valence-electron chi connectivity index (χ3n) is 4.13. The molecule has 0 saturated heterocycles. The quantitative estimate of drug-likeness (QED) is 0.221. The number of nitrogens with zero attached hydrogens (tertiary/aromatic N) is 2. The van der Waals surface area contributed by atoms with Gasteiger partial charge in [-0.15, -0.1) is 6.58 Å². The third-order valence-corrected chi connectivity index (χ3v) is 4.13. The van der Waals surface area contributed by atoms with E-state index in [9.17, 15) is 0 Å². The van der Waals surface area contributed by atoms with Crippen molar-refractivity contribution in [2.24, 2.45) is 10.2 Å². The Morgan fingerprint density at radius 3 is 1.68 bits per heavy atom. The number of hydrogen-bond acceptors (Lipinski definition) is 2. The lowest BCUT2D eigenvalue weighted by molar-refractivity contribution is 0.795. The van der Waals surface area contributed by atoms with E-state index in [0.29, 0.717) is 0 Å². The highest BCUT2D eigenvalue weighted by molar-refractivity contribution is 5.82. The van der Waals surface area contributed by atoms with Gasteiger partial charge in [0.15, 0.2) is 0 Å². The molecule has 0 N–H and O–H groups in total. The molecular weight excluding hydrogens is 304 g/mol. The average Bonchev–Trinajstić information content (AvgIpc) is 2.66. The van der Waals surface area contributed by atoms with Crippen LogP contribution in [-0.4, -0.2) is 12.4 Å². The van der Waals surface area contributed by atoms with E-state index in [4.69, 9.17) is 0 Å². The molecule has 2 aromatic carbocycles. The van der Waals surface area contributed by atoms with Crippen molar-refractivity contribution in [2.75, 3.05) is 0 Å². The largest absolute Gasteiger partial charge is 0.159 e. The molecule has 0 aliphatic heterocycles. The molecule has 0 atom stereocenters. The van der Waals surface area contributed by atoms with Gasteiger partial charge >= 0.3 is 0 Å². The molecule has 0 fully saturated rings. The van der Waals surface area contributed by atoms with Gasteiger partial charge in [-0.25, -0.2) is 0 Å². The van der Waals surface area contributed by atoms with Crippen LogP contribution in [0.2, 0.25) is 0 Å². The van der Waals surface area contributed by atoms with Crippen molar-refractivity contribution in [3.05, 3.63) is 83.4 Å². The smallest absolute Gasteiger partial charge is 0.0568 e. The molecule has 25 heavy (non-hydrogen) atoms. The summed E-state index contributed by atoms with van der Waals surface area (Å²) in [6, 6.07) is 17.0. The van der Waals surface area contributed by atoms with Gasteiger partial charge in [0, 0.05) is 0 Å². The summed E-state index contributed by atoms with van der Waals surface area (Å²) in [4.78, 5) is 0. The Hall–Kier alpha value is -2.48. The lowest BCUT2D eigenvalue weighted by Gasteiger charge is -2.00. The molecule has 0 spiro atoms. The van der Waals surface area contributed by atoms with Crippen molar-refractivity contribution < 1.29 is 0 Å². The SMILES string of the molecule is C=CCCCc1ccc(C=NN=Cc2ccc(CCCC)cc2)cc1. The van der Waals surface area contributed by atoms with Crippen molar-refractivity contribution in [1.82, 2.24) is 0 Å². The van der Waals surface area contributed by atoms with Gasteiger partial charge in [0.25, 0.3) is 0 Å². The van der Waals surface area contributed by atoms with Gasteiger partial charge in [-0.05, 0) is 54.4 Å². The van der Waals surface area contributed by atoms with E-state index in [1.165, 1.54) is 24.0 Å². The summed E-state index contributed by atoms with van der Waals surface area (Å²) >= 11 is 0. The van der Waals surface area contributed by atoms with Crippen LogP contribution >= 0.6 is 0 Å². The van der Waals surface area contributed by atoms with Crippen molar-refractivity contribution >= 4 is 12.4 Å². The molecule has 2 nitrogen and oxygen atoms in total. The second-order valence-electron chi connectivity index (χ2n) is 6.26. The lowest BCUT2D eigenvalue weighted by Crippen LogP contribution is -1.87. The summed E-state index contributed by atoms with van der Waals surface area (Å²) in [5.41, 5.74) is 4.89. The summed E-state index contributed by atoms with van der Waals surface area (Å²) in [5, 5.41) is 8.29. The van der Waals surface area contributed by atoms with Crippen molar-refractivity contribution in [3.8, 4) is 0 Å². The molecule has 0 bridgehead atoms. The first-order valence-electron chi connectivity index (χ1n) is 9.17. The molecule has 0 unspecified atom stereocenters. The van der Waals surface area contributed by atoms with E-state index in [1.807, 2.05) is 6.08 Å². The van der Waals surface area contributed by atoms with Gasteiger partial charge in [-0.1, -0.05) is 68.0 Å². The van der Waals surface area contributed by atoms with Crippen LogP contribution in [0.1, 0.15) is 54.9 Å². The minimum Gasteiger partial charge on any atom is -0.159 e. The van der Waals surface area contributed by atoms with Gasteiger partial charge < -0.3 is 0 Å². The lowest BCUT2D eigenvalue weighted by atomic mass is 10.1. The zero-order valence-electron chi connectivity index (χ0n) is 15.2. The van der Waals surface area contributed by atoms with Crippen LogP contribution in [-0.2, 0) is 12.8 Å². The van der Waals surface area contributed by atoms with Crippen LogP contribution in [0.25, 0.3) is 0 Å². The molecule has 0 saturated carbocycles. The minimum absolute atomic E-state index is 1.07. The van der Waals surface area contributed by atoms with Crippen LogP contribution in [0.3, 0.4) is 0 Å². The summed E-state index contributed by atoms with van der Waals surface area (Å²) in [7, 11) is 0. The topological polar surface area (TPSA) is 24.7 Å². The van der Waals surface area contributed by atoms with Gasteiger partial charge in [0.1, 0.15) is 0 Å². The zero-order valence-corrected chi connectivity index (χ0v) is 15.2. The average molecular weight is 332 g/mol. The third kappa shape index (κ3) is 7.30. The number of unbranched alkanes of at least 4 members (excludes halogenated alkanes) is 2. The van der Waals surface area contributed by atoms with E-state index >= 15 is 0 Å². The Morgan fingerprint density at radius 2 is 1.24 bits per heavy atom. The Kier molecular flexibility index (Phi) is 8.40. The summed E-state index contributed by atoms with van der Waals surface area (Å²) in [6.07, 6.45) is 12.5. The van der Waals surface area contributed by atoms with E-state index < -0.39 is 0 Å². The molecule has 2 rings (SSSR count). The monoisotopic (exact) mass is 332 g/mol. The highest BCUT2D eigenvalue weighted by atomic mass is 15.2. The Labute approximate surface area is 152 Å². The predicted octanol–water partition coefficient (Wildman–Crippen LogP) is 5.99. The first-order chi connectivity index (χ1) is 12.3. The fourth-order valence-electron chi connectivity index (χ4n) is 2.57. The molecule has 0 amide bonds. The van der Waals surface area contributed by atoms with Crippen LogP contribution in [0.4, 0.5) is 0 Å². The minimum atomic E-state index is 1.07. The number of benzene rings is 2. The fraction of sp³-hybridized carbons (Fsp3) is 0.304. The van der Waals surface area contributed by atoms with Crippen molar-refractivity contribution in [1.29, 1.82) is 0 Å². The number of aryl methyl sites for hydroxylation is 2. The molecule has 2 heteroatoms. The zero-order chi connectivity index (χ0) is 17.7. The van der Waals surface area contributed by atoms with Crippen LogP contribution in [0.15, 0.2) is 71.4 Å². The maximum atomic E-state index is 4.15. The molecule has 0 radical (unpaired) electrons. The normalized spacial score (nSPS) is 11.4. The van der Waals surface area contributed by atoms with E-state index in [1.54, 1.807) is 12.4 Å². The molecular formula is C23H28N2. The molecule has 0 aromatic heterocycles. The van der Waals surface area contributed by atoms with E-state index in [0.717, 1.165) is 36.8 Å². The second-order valence-corrected chi connectivity index (χ2v) is 6.26. The standard InChI is InChI=1S/C23H28N2/c1-3-5-7-9-21-12-16-23(17-13-21)19-25-24-18-22-14-10-20(11-15-22)8-6-4-2/h3,10-19H,1,4-9H2,2H3. The van der Waals surface area contributed by atoms with Crippen LogP contribution < -0.4 is 0 Å². The van der Waals surface area contributed by atoms with Gasteiger partial charge in [0.2, 0.25) is 0 Å². The first kappa shape index (κ1) is 18.9. The maximum Gasteiger partial charge on any atom is 0.0568 e. The molecule has 0 aliphatic rings. The van der Waals surface area contributed by atoms with Crippen molar-refractivity contribution in [2.45, 2.75) is 45.4 Å². The Balaban J connectivity index is 1.83. The Morgan fingerprint density at radius 1 is 0.760 bits per heavy atom. The second kappa shape index (κ2) is 11.1. The van der Waals surface area contributed by atoms with Crippen LogP contribution in [0.5, 0.6) is 0 Å². The molecule has 130 valence electrons. The maximum absolute atomic E-state index is 4.15. The van der Waals surface area contributed by atoms with Crippen molar-refractivity contribution in [3.63, 3.8) is 0 Å². The summed E-state index contributed by atoms with van der Waals surface area (Å²) < 4.78 is 0. The summed E-state index contributed by atoms with van der Waals surface area (Å²) in [5.74, 6) is 0. The number of rotatable bonds is 10. The highest BCUT2D eigenvalue weighted by Gasteiger charge is 1.94. The fourth-order valence-corrected chi connectivity index (χ4v) is 2.57. The molecule has 0 heterocycles.